The van der Waals surface area contributed by atoms with E-state index in [4.69, 9.17) is 5.14 Å². The van der Waals surface area contributed by atoms with Crippen LogP contribution in [0.5, 0.6) is 0 Å². The summed E-state index contributed by atoms with van der Waals surface area (Å²) in [5, 5.41) is 12.8. The first-order valence-electron chi connectivity index (χ1n) is 6.76. The number of benzene rings is 1. The summed E-state index contributed by atoms with van der Waals surface area (Å²) in [5.74, 6) is 0.447. The molecule has 3 N–H and O–H groups in total. The van der Waals surface area contributed by atoms with Crippen molar-refractivity contribution in [2.45, 2.75) is 30.7 Å². The molecular weight excluding hydrogens is 304 g/mol. The summed E-state index contributed by atoms with van der Waals surface area (Å²) in [6.45, 7) is 5.12. The molecule has 6 heteroatoms. The molecule has 0 fully saturated rings. The molecular formula is C15H20N2O2S2. The first kappa shape index (κ1) is 16.2. The lowest BCUT2D eigenvalue weighted by atomic mass is 10.0. The summed E-state index contributed by atoms with van der Waals surface area (Å²) < 4.78 is 22.4. The highest BCUT2D eigenvalue weighted by atomic mass is 32.2. The van der Waals surface area contributed by atoms with Crippen molar-refractivity contribution in [2.24, 2.45) is 5.14 Å². The van der Waals surface area contributed by atoms with Crippen molar-refractivity contribution in [1.29, 1.82) is 0 Å². The van der Waals surface area contributed by atoms with Gasteiger partial charge in [-0.1, -0.05) is 19.1 Å². The van der Waals surface area contributed by atoms with Crippen molar-refractivity contribution in [2.75, 3.05) is 6.54 Å². The van der Waals surface area contributed by atoms with Crippen LogP contribution >= 0.6 is 11.3 Å². The van der Waals surface area contributed by atoms with Crippen LogP contribution in [0.25, 0.3) is 0 Å². The Bertz CT molecular complexity index is 664. The lowest BCUT2D eigenvalue weighted by Crippen LogP contribution is -2.23. The molecule has 1 aromatic heterocycles. The van der Waals surface area contributed by atoms with Gasteiger partial charge in [-0.25, -0.2) is 13.6 Å². The number of hydrogen-bond donors (Lipinski definition) is 2. The average Bonchev–Trinajstić information content (AvgIpc) is 2.98. The van der Waals surface area contributed by atoms with Crippen LogP contribution in [0.2, 0.25) is 0 Å². The molecule has 2 atom stereocenters. The van der Waals surface area contributed by atoms with E-state index in [-0.39, 0.29) is 10.9 Å². The summed E-state index contributed by atoms with van der Waals surface area (Å²) in [6.07, 6.45) is 0. The second-order valence-electron chi connectivity index (χ2n) is 5.20. The van der Waals surface area contributed by atoms with E-state index in [1.165, 1.54) is 5.56 Å². The fraction of sp³-hybridized carbons (Fsp3) is 0.333. The van der Waals surface area contributed by atoms with Crippen LogP contribution in [0, 0.1) is 0 Å². The van der Waals surface area contributed by atoms with Gasteiger partial charge < -0.3 is 5.32 Å². The third-order valence-electron chi connectivity index (χ3n) is 3.55. The van der Waals surface area contributed by atoms with E-state index >= 15 is 0 Å². The van der Waals surface area contributed by atoms with Crippen LogP contribution in [-0.4, -0.2) is 15.0 Å². The summed E-state index contributed by atoms with van der Waals surface area (Å²) in [5.41, 5.74) is 2.38. The van der Waals surface area contributed by atoms with Crippen molar-refractivity contribution >= 4 is 21.4 Å². The molecule has 4 nitrogen and oxygen atoms in total. The Balaban J connectivity index is 1.96. The van der Waals surface area contributed by atoms with E-state index in [2.05, 4.69) is 36.0 Å². The van der Waals surface area contributed by atoms with E-state index in [0.29, 0.717) is 5.92 Å². The maximum atomic E-state index is 11.2. The van der Waals surface area contributed by atoms with Crippen LogP contribution in [0.3, 0.4) is 0 Å². The molecule has 0 amide bonds. The second kappa shape index (κ2) is 6.70. The van der Waals surface area contributed by atoms with Crippen molar-refractivity contribution < 1.29 is 8.42 Å². The predicted octanol–water partition coefficient (Wildman–Crippen LogP) is 2.85. The molecule has 2 rings (SSSR count). The minimum absolute atomic E-state index is 0.144. The van der Waals surface area contributed by atoms with Gasteiger partial charge in [0.1, 0.15) is 0 Å². The highest BCUT2D eigenvalue weighted by Gasteiger charge is 2.11. The van der Waals surface area contributed by atoms with Gasteiger partial charge >= 0.3 is 0 Å². The van der Waals surface area contributed by atoms with Crippen LogP contribution in [0.1, 0.15) is 36.9 Å². The van der Waals surface area contributed by atoms with Gasteiger partial charge in [0.25, 0.3) is 0 Å². The maximum Gasteiger partial charge on any atom is 0.238 e. The maximum absolute atomic E-state index is 11.2. The van der Waals surface area contributed by atoms with Crippen LogP contribution in [0.4, 0.5) is 0 Å². The predicted molar refractivity (Wildman–Crippen MR) is 87.0 cm³/mol. The van der Waals surface area contributed by atoms with Gasteiger partial charge in [0.05, 0.1) is 4.90 Å². The Hall–Kier alpha value is -1.21. The average molecular weight is 324 g/mol. The molecule has 21 heavy (non-hydrogen) atoms. The zero-order valence-electron chi connectivity index (χ0n) is 12.1. The van der Waals surface area contributed by atoms with E-state index in [0.717, 1.165) is 12.1 Å². The molecule has 0 spiro atoms. The molecule has 1 aromatic carbocycles. The van der Waals surface area contributed by atoms with Crippen LogP contribution < -0.4 is 10.5 Å². The Morgan fingerprint density at radius 3 is 2.33 bits per heavy atom. The minimum Gasteiger partial charge on any atom is -0.310 e. The number of hydrogen-bond acceptors (Lipinski definition) is 4. The molecule has 0 radical (unpaired) electrons. The molecule has 0 aliphatic rings. The molecule has 1 heterocycles. The summed E-state index contributed by atoms with van der Waals surface area (Å²) >= 11 is 1.71. The smallest absolute Gasteiger partial charge is 0.238 e. The molecule has 2 aromatic rings. The third kappa shape index (κ3) is 4.38. The highest BCUT2D eigenvalue weighted by molar-refractivity contribution is 7.89. The molecule has 0 bridgehead atoms. The van der Waals surface area contributed by atoms with Crippen molar-refractivity contribution in [3.05, 3.63) is 52.2 Å². The lowest BCUT2D eigenvalue weighted by molar-refractivity contribution is 0.537. The Labute approximate surface area is 130 Å². The number of nitrogens with one attached hydrogen (secondary N) is 1. The number of nitrogens with two attached hydrogens (primary N) is 1. The van der Waals surface area contributed by atoms with Gasteiger partial charge in [0.2, 0.25) is 10.0 Å². The fourth-order valence-corrected chi connectivity index (χ4v) is 3.39. The standard InChI is InChI=1S/C15H20N2O2S2/c1-11(14-7-8-20-10-14)9-17-12(2)13-3-5-15(6-4-13)21(16,18)19/h3-8,10-12,17H,9H2,1-2H3,(H2,16,18,19)/t11-,12+/m0/s1. The van der Waals surface area contributed by atoms with Crippen LogP contribution in [0.15, 0.2) is 46.0 Å². The number of thiophene rings is 1. The number of rotatable bonds is 6. The second-order valence-corrected chi connectivity index (χ2v) is 7.54. The molecule has 0 saturated heterocycles. The largest absolute Gasteiger partial charge is 0.310 e. The Morgan fingerprint density at radius 2 is 1.81 bits per heavy atom. The van der Waals surface area contributed by atoms with E-state index < -0.39 is 10.0 Å². The molecule has 0 aliphatic carbocycles. The third-order valence-corrected chi connectivity index (χ3v) is 5.18. The van der Waals surface area contributed by atoms with Crippen molar-refractivity contribution in [3.8, 4) is 0 Å². The summed E-state index contributed by atoms with van der Waals surface area (Å²) in [4.78, 5) is 0.144. The van der Waals surface area contributed by atoms with Gasteiger partial charge in [0, 0.05) is 12.6 Å². The monoisotopic (exact) mass is 324 g/mol. The Morgan fingerprint density at radius 1 is 1.14 bits per heavy atom. The summed E-state index contributed by atoms with van der Waals surface area (Å²) in [7, 11) is -3.62. The quantitative estimate of drug-likeness (QED) is 0.858. The van der Waals surface area contributed by atoms with Gasteiger partial charge in [-0.2, -0.15) is 11.3 Å². The van der Waals surface area contributed by atoms with Crippen molar-refractivity contribution in [3.63, 3.8) is 0 Å². The van der Waals surface area contributed by atoms with E-state index in [1.54, 1.807) is 35.6 Å². The summed E-state index contributed by atoms with van der Waals surface area (Å²) in [6, 6.07) is 8.98. The van der Waals surface area contributed by atoms with Gasteiger partial charge in [-0.3, -0.25) is 0 Å². The van der Waals surface area contributed by atoms with Gasteiger partial charge in [0.15, 0.2) is 0 Å². The number of primary sulfonamides is 1. The van der Waals surface area contributed by atoms with E-state index in [9.17, 15) is 8.42 Å². The number of sulfonamides is 1. The van der Waals surface area contributed by atoms with Crippen LogP contribution in [-0.2, 0) is 10.0 Å². The first-order chi connectivity index (χ1) is 9.88. The fourth-order valence-electron chi connectivity index (χ4n) is 2.09. The first-order valence-corrected chi connectivity index (χ1v) is 9.25. The van der Waals surface area contributed by atoms with E-state index in [1.807, 2.05) is 0 Å². The van der Waals surface area contributed by atoms with Gasteiger partial charge in [-0.05, 0) is 52.9 Å². The zero-order valence-corrected chi connectivity index (χ0v) is 13.7. The SMILES string of the molecule is C[C@@H](CN[C@H](C)c1ccc(S(N)(=O)=O)cc1)c1ccsc1. The zero-order chi connectivity index (χ0) is 15.5. The molecule has 0 saturated carbocycles. The topological polar surface area (TPSA) is 72.2 Å². The highest BCUT2D eigenvalue weighted by Crippen LogP contribution is 2.20. The van der Waals surface area contributed by atoms with Gasteiger partial charge in [-0.15, -0.1) is 0 Å². The Kier molecular flexibility index (Phi) is 5.16. The molecule has 0 aliphatic heterocycles. The van der Waals surface area contributed by atoms with Crippen molar-refractivity contribution in [1.82, 2.24) is 5.32 Å². The molecule has 0 unspecified atom stereocenters. The minimum atomic E-state index is -3.62. The lowest BCUT2D eigenvalue weighted by Gasteiger charge is -2.18. The molecule has 114 valence electrons. The normalized spacial score (nSPS) is 14.8.